The van der Waals surface area contributed by atoms with E-state index in [0.29, 0.717) is 33.1 Å². The monoisotopic (exact) mass is 644 g/mol. The van der Waals surface area contributed by atoms with Crippen LogP contribution in [0.3, 0.4) is 0 Å². The van der Waals surface area contributed by atoms with Crippen molar-refractivity contribution >= 4 is 69.3 Å². The number of ether oxygens (including phenoxy) is 1. The summed E-state index contributed by atoms with van der Waals surface area (Å²) in [5.41, 5.74) is 2.77. The number of amides is 3. The Labute approximate surface area is 260 Å². The highest BCUT2D eigenvalue weighted by atomic mass is 35.5. The van der Waals surface area contributed by atoms with Gasteiger partial charge in [0.2, 0.25) is 11.8 Å². The zero-order valence-electron chi connectivity index (χ0n) is 23.3. The molecule has 0 saturated heterocycles. The van der Waals surface area contributed by atoms with Crippen LogP contribution in [0.5, 0.6) is 5.75 Å². The molecular formula is C31H25Cl2F3N4O4. The third kappa shape index (κ3) is 8.06. The minimum atomic E-state index is -5.01. The molecule has 1 heterocycles. The Morgan fingerprint density at radius 2 is 1.73 bits per heavy atom. The SMILES string of the molecule is Cc1ccc2cccc(OCc3c(Cl)ccc(N(C)C(=O)CNC(=O)/C=C/c4ccc(NC(=O)C(F)(F)F)cc4)c3Cl)c2n1. The number of pyridine rings is 1. The van der Waals surface area contributed by atoms with Gasteiger partial charge in [0.15, 0.2) is 0 Å². The Bertz CT molecular complexity index is 1740. The van der Waals surface area contributed by atoms with E-state index in [1.165, 1.54) is 42.3 Å². The molecule has 228 valence electrons. The molecule has 44 heavy (non-hydrogen) atoms. The van der Waals surface area contributed by atoms with Gasteiger partial charge in [-0.15, -0.1) is 0 Å². The molecule has 0 aliphatic rings. The number of anilines is 2. The Morgan fingerprint density at radius 1 is 1.00 bits per heavy atom. The zero-order chi connectivity index (χ0) is 32.0. The largest absolute Gasteiger partial charge is 0.487 e. The molecule has 0 aliphatic carbocycles. The molecule has 1 aromatic heterocycles. The van der Waals surface area contributed by atoms with Crippen LogP contribution >= 0.6 is 23.2 Å². The molecular weight excluding hydrogens is 620 g/mol. The Morgan fingerprint density at radius 3 is 2.43 bits per heavy atom. The molecule has 0 spiro atoms. The van der Waals surface area contributed by atoms with Crippen molar-refractivity contribution in [2.45, 2.75) is 19.7 Å². The summed E-state index contributed by atoms with van der Waals surface area (Å²) in [6.07, 6.45) is -2.45. The number of carbonyl (C=O) groups excluding carboxylic acids is 3. The van der Waals surface area contributed by atoms with Crippen molar-refractivity contribution in [3.63, 3.8) is 0 Å². The summed E-state index contributed by atoms with van der Waals surface area (Å²) < 4.78 is 43.2. The summed E-state index contributed by atoms with van der Waals surface area (Å²) in [7, 11) is 1.50. The van der Waals surface area contributed by atoms with Gasteiger partial charge in [0.05, 0.1) is 17.3 Å². The van der Waals surface area contributed by atoms with Crippen molar-refractivity contribution in [3.05, 3.63) is 99.7 Å². The average molecular weight is 645 g/mol. The number of aromatic nitrogens is 1. The van der Waals surface area contributed by atoms with Crippen LogP contribution in [0.25, 0.3) is 17.0 Å². The zero-order valence-corrected chi connectivity index (χ0v) is 24.8. The molecule has 8 nitrogen and oxygen atoms in total. The first-order chi connectivity index (χ1) is 20.8. The van der Waals surface area contributed by atoms with Gasteiger partial charge in [-0.2, -0.15) is 13.2 Å². The van der Waals surface area contributed by atoms with Crippen molar-refractivity contribution in [1.29, 1.82) is 0 Å². The Hall–Kier alpha value is -4.61. The normalized spacial score (nSPS) is 11.4. The molecule has 3 aromatic carbocycles. The van der Waals surface area contributed by atoms with E-state index >= 15 is 0 Å². The number of hydrogen-bond donors (Lipinski definition) is 2. The molecule has 4 rings (SSSR count). The summed E-state index contributed by atoms with van der Waals surface area (Å²) in [4.78, 5) is 42.0. The second-order valence-electron chi connectivity index (χ2n) is 9.51. The number of likely N-dealkylation sites (N-methyl/N-ethyl adjacent to an activating group) is 1. The van der Waals surface area contributed by atoms with E-state index in [0.717, 1.165) is 17.2 Å². The first-order valence-corrected chi connectivity index (χ1v) is 13.8. The van der Waals surface area contributed by atoms with Gasteiger partial charge in [0.25, 0.3) is 0 Å². The number of aryl methyl sites for hydroxylation is 1. The van der Waals surface area contributed by atoms with E-state index in [9.17, 15) is 27.6 Å². The van der Waals surface area contributed by atoms with Crippen LogP contribution in [0, 0.1) is 6.92 Å². The van der Waals surface area contributed by atoms with Crippen molar-refractivity contribution in [1.82, 2.24) is 10.3 Å². The molecule has 0 atom stereocenters. The van der Waals surface area contributed by atoms with Crippen LogP contribution in [0.2, 0.25) is 10.0 Å². The van der Waals surface area contributed by atoms with E-state index in [1.807, 2.05) is 31.2 Å². The summed E-state index contributed by atoms with van der Waals surface area (Å²) >= 11 is 13.1. The van der Waals surface area contributed by atoms with Gasteiger partial charge in [-0.1, -0.05) is 53.5 Å². The number of nitrogens with one attached hydrogen (secondary N) is 2. The fraction of sp³-hybridized carbons (Fsp3) is 0.161. The van der Waals surface area contributed by atoms with E-state index in [-0.39, 0.29) is 23.9 Å². The molecule has 0 fully saturated rings. The summed E-state index contributed by atoms with van der Waals surface area (Å²) in [5.74, 6) is -2.60. The summed E-state index contributed by atoms with van der Waals surface area (Å²) in [5, 5.41) is 5.66. The lowest BCUT2D eigenvalue weighted by molar-refractivity contribution is -0.167. The topological polar surface area (TPSA) is 101 Å². The van der Waals surface area contributed by atoms with Gasteiger partial charge in [-0.05, 0) is 55.0 Å². The number of halogens is 5. The summed E-state index contributed by atoms with van der Waals surface area (Å²) in [6.45, 7) is 1.54. The predicted octanol–water partition coefficient (Wildman–Crippen LogP) is 6.72. The molecule has 2 N–H and O–H groups in total. The van der Waals surface area contributed by atoms with Gasteiger partial charge in [0.1, 0.15) is 17.9 Å². The predicted molar refractivity (Wildman–Crippen MR) is 164 cm³/mol. The Balaban J connectivity index is 1.35. The van der Waals surface area contributed by atoms with Crippen molar-refractivity contribution in [2.75, 3.05) is 23.8 Å². The van der Waals surface area contributed by atoms with Crippen molar-refractivity contribution in [3.8, 4) is 5.75 Å². The molecule has 0 unspecified atom stereocenters. The number of rotatable bonds is 9. The number of nitrogens with zero attached hydrogens (tertiary/aromatic N) is 2. The molecule has 0 bridgehead atoms. The molecule has 0 aliphatic heterocycles. The van der Waals surface area contributed by atoms with E-state index in [1.54, 1.807) is 23.5 Å². The van der Waals surface area contributed by atoms with Crippen LogP contribution in [-0.4, -0.2) is 42.5 Å². The van der Waals surface area contributed by atoms with E-state index in [2.05, 4.69) is 10.3 Å². The second-order valence-corrected chi connectivity index (χ2v) is 10.3. The van der Waals surface area contributed by atoms with Gasteiger partial charge in [0, 0.05) is 40.5 Å². The molecule has 4 aromatic rings. The van der Waals surface area contributed by atoms with Crippen molar-refractivity contribution in [2.24, 2.45) is 0 Å². The van der Waals surface area contributed by atoms with Crippen molar-refractivity contribution < 1.29 is 32.3 Å². The minimum absolute atomic E-state index is 0.0134. The first kappa shape index (κ1) is 32.3. The maximum Gasteiger partial charge on any atom is 0.471 e. The number of hydrogen-bond acceptors (Lipinski definition) is 5. The number of fused-ring (bicyclic) bond motifs is 1. The first-order valence-electron chi connectivity index (χ1n) is 13.0. The average Bonchev–Trinajstić information content (AvgIpc) is 2.98. The van der Waals surface area contributed by atoms with E-state index in [4.69, 9.17) is 27.9 Å². The van der Waals surface area contributed by atoms with Gasteiger partial charge in [-0.3, -0.25) is 14.4 Å². The molecule has 3 amide bonds. The number of carbonyl (C=O) groups is 3. The molecule has 0 radical (unpaired) electrons. The fourth-order valence-corrected chi connectivity index (χ4v) is 4.59. The van der Waals surface area contributed by atoms with Gasteiger partial charge < -0.3 is 20.3 Å². The molecule has 13 heteroatoms. The number of para-hydroxylation sites is 1. The van der Waals surface area contributed by atoms with Crippen LogP contribution in [0.4, 0.5) is 24.5 Å². The third-order valence-electron chi connectivity index (χ3n) is 6.36. The van der Waals surface area contributed by atoms with E-state index < -0.39 is 23.9 Å². The Kier molecular flexibility index (Phi) is 10.1. The number of alkyl halides is 3. The smallest absolute Gasteiger partial charge is 0.471 e. The maximum atomic E-state index is 12.9. The highest BCUT2D eigenvalue weighted by Gasteiger charge is 2.38. The second kappa shape index (κ2) is 13.8. The highest BCUT2D eigenvalue weighted by Crippen LogP contribution is 2.35. The minimum Gasteiger partial charge on any atom is -0.487 e. The number of benzene rings is 3. The lowest BCUT2D eigenvalue weighted by Gasteiger charge is -2.21. The highest BCUT2D eigenvalue weighted by molar-refractivity contribution is 6.38. The van der Waals surface area contributed by atoms with Crippen LogP contribution in [0.1, 0.15) is 16.8 Å². The third-order valence-corrected chi connectivity index (χ3v) is 7.14. The lowest BCUT2D eigenvalue weighted by Crippen LogP contribution is -2.37. The quantitative estimate of drug-likeness (QED) is 0.197. The van der Waals surface area contributed by atoms with Crippen LogP contribution in [-0.2, 0) is 21.0 Å². The lowest BCUT2D eigenvalue weighted by atomic mass is 10.1. The summed E-state index contributed by atoms with van der Waals surface area (Å²) in [6, 6.07) is 17.9. The van der Waals surface area contributed by atoms with Gasteiger partial charge in [-0.25, -0.2) is 4.98 Å². The van der Waals surface area contributed by atoms with Gasteiger partial charge >= 0.3 is 12.1 Å². The van der Waals surface area contributed by atoms with Crippen LogP contribution < -0.4 is 20.3 Å². The van der Waals surface area contributed by atoms with Crippen LogP contribution in [0.15, 0.2) is 72.8 Å². The fourth-order valence-electron chi connectivity index (χ4n) is 3.99. The maximum absolute atomic E-state index is 12.9. The standard InChI is InChI=1S/C31H25Cl2F3N4O4/c1-18-6-10-20-4-3-5-25(29(20)38-18)44-17-22-23(32)13-14-24(28(22)33)40(2)27(42)16-37-26(41)15-9-19-7-11-21(12-8-19)39-30(43)31(34,35)36/h3-15H,16-17H2,1-2H3,(H,37,41)(H,39,43)/b15-9+. The molecule has 0 saturated carbocycles.